The Bertz CT molecular complexity index is 882. The first-order chi connectivity index (χ1) is 11.7. The predicted molar refractivity (Wildman–Crippen MR) is 90.6 cm³/mol. The van der Waals surface area contributed by atoms with Crippen LogP contribution in [-0.4, -0.2) is 31.4 Å². The van der Waals surface area contributed by atoms with Crippen LogP contribution in [0.15, 0.2) is 47.5 Å². The molecule has 8 nitrogen and oxygen atoms in total. The van der Waals surface area contributed by atoms with Gasteiger partial charge < -0.3 is 10.1 Å². The zero-order valence-corrected chi connectivity index (χ0v) is 14.5. The van der Waals surface area contributed by atoms with Crippen LogP contribution in [-0.2, 0) is 19.6 Å². The second-order valence-electron chi connectivity index (χ2n) is 4.98. The molecule has 25 heavy (non-hydrogen) atoms. The molecule has 2 rings (SSSR count). The van der Waals surface area contributed by atoms with Crippen LogP contribution >= 0.6 is 11.6 Å². The third kappa shape index (κ3) is 5.24. The van der Waals surface area contributed by atoms with E-state index in [2.05, 4.69) is 10.3 Å². The molecule has 0 radical (unpaired) electrons. The number of sulfonamides is 1. The zero-order chi connectivity index (χ0) is 18.6. The van der Waals surface area contributed by atoms with Crippen LogP contribution in [0.1, 0.15) is 17.3 Å². The summed E-state index contributed by atoms with van der Waals surface area (Å²) in [5.74, 6) is -1.31. The lowest BCUT2D eigenvalue weighted by molar-refractivity contribution is -0.123. The number of esters is 1. The number of primary sulfonamides is 1. The van der Waals surface area contributed by atoms with Crippen molar-refractivity contribution >= 4 is 39.2 Å². The highest BCUT2D eigenvalue weighted by Crippen LogP contribution is 2.14. The molecule has 0 fully saturated rings. The van der Waals surface area contributed by atoms with Gasteiger partial charge in [-0.2, -0.15) is 0 Å². The molecular formula is C15H14ClN3O5S. The molecule has 0 aliphatic carbocycles. The van der Waals surface area contributed by atoms with Crippen molar-refractivity contribution in [2.45, 2.75) is 17.9 Å². The van der Waals surface area contributed by atoms with E-state index < -0.39 is 28.0 Å². The topological polar surface area (TPSA) is 128 Å². The molecule has 10 heteroatoms. The first kappa shape index (κ1) is 18.8. The van der Waals surface area contributed by atoms with Gasteiger partial charge in [0.05, 0.1) is 10.5 Å². The van der Waals surface area contributed by atoms with Crippen LogP contribution in [0, 0.1) is 0 Å². The van der Waals surface area contributed by atoms with Crippen molar-refractivity contribution in [2.24, 2.45) is 5.14 Å². The molecular weight excluding hydrogens is 370 g/mol. The fraction of sp³-hybridized carbons (Fsp3) is 0.133. The van der Waals surface area contributed by atoms with Crippen molar-refractivity contribution in [3.63, 3.8) is 0 Å². The van der Waals surface area contributed by atoms with Gasteiger partial charge in [0.15, 0.2) is 6.10 Å². The van der Waals surface area contributed by atoms with Gasteiger partial charge in [-0.1, -0.05) is 11.6 Å². The van der Waals surface area contributed by atoms with E-state index in [9.17, 15) is 18.0 Å². The molecule has 1 aromatic carbocycles. The second kappa shape index (κ2) is 7.60. The number of anilines is 1. The molecule has 3 N–H and O–H groups in total. The third-order valence-corrected chi connectivity index (χ3v) is 4.22. The largest absolute Gasteiger partial charge is 0.449 e. The Kier molecular flexibility index (Phi) is 5.73. The van der Waals surface area contributed by atoms with Crippen LogP contribution in [0.25, 0.3) is 0 Å². The van der Waals surface area contributed by atoms with Gasteiger partial charge in [-0.3, -0.25) is 4.79 Å². The highest BCUT2D eigenvalue weighted by molar-refractivity contribution is 7.89. The Morgan fingerprint density at radius 2 is 1.84 bits per heavy atom. The number of nitrogens with one attached hydrogen (secondary N) is 1. The summed E-state index contributed by atoms with van der Waals surface area (Å²) in [6.07, 6.45) is 0.155. The van der Waals surface area contributed by atoms with E-state index in [0.717, 1.165) is 0 Å². The van der Waals surface area contributed by atoms with Gasteiger partial charge in [-0.05, 0) is 43.3 Å². The minimum Gasteiger partial charge on any atom is -0.449 e. The molecule has 1 atom stereocenters. The van der Waals surface area contributed by atoms with Crippen LogP contribution in [0.4, 0.5) is 5.69 Å². The summed E-state index contributed by atoms with van der Waals surface area (Å²) in [6.45, 7) is 1.40. The molecule has 0 spiro atoms. The SMILES string of the molecule is CC(OC(=O)c1ccc(Cl)nc1)C(=O)Nc1ccc(S(N)(=O)=O)cc1. The van der Waals surface area contributed by atoms with Crippen molar-refractivity contribution in [1.82, 2.24) is 4.98 Å². The summed E-state index contributed by atoms with van der Waals surface area (Å²) in [7, 11) is -3.81. The number of amides is 1. The lowest BCUT2D eigenvalue weighted by Gasteiger charge is -2.13. The number of carbonyl (C=O) groups excluding carboxylic acids is 2. The molecule has 0 aliphatic heterocycles. The van der Waals surface area contributed by atoms with E-state index in [4.69, 9.17) is 21.5 Å². The molecule has 0 saturated carbocycles. The summed E-state index contributed by atoms with van der Waals surface area (Å²) in [5.41, 5.74) is 0.481. The fourth-order valence-corrected chi connectivity index (χ4v) is 2.38. The van der Waals surface area contributed by atoms with Gasteiger partial charge in [0, 0.05) is 11.9 Å². The molecule has 1 aromatic heterocycles. The molecule has 132 valence electrons. The summed E-state index contributed by atoms with van der Waals surface area (Å²) < 4.78 is 27.4. The van der Waals surface area contributed by atoms with Crippen molar-refractivity contribution < 1.29 is 22.7 Å². The molecule has 0 saturated heterocycles. The monoisotopic (exact) mass is 383 g/mol. The average Bonchev–Trinajstić information content (AvgIpc) is 2.55. The number of aromatic nitrogens is 1. The van der Waals surface area contributed by atoms with Crippen LogP contribution < -0.4 is 10.5 Å². The van der Waals surface area contributed by atoms with E-state index in [1.807, 2.05) is 0 Å². The predicted octanol–water partition coefficient (Wildman–Crippen LogP) is 1.57. The fourth-order valence-electron chi connectivity index (χ4n) is 1.75. The highest BCUT2D eigenvalue weighted by atomic mass is 35.5. The lowest BCUT2D eigenvalue weighted by atomic mass is 10.2. The second-order valence-corrected chi connectivity index (χ2v) is 6.92. The smallest absolute Gasteiger partial charge is 0.340 e. The van der Waals surface area contributed by atoms with Crippen molar-refractivity contribution in [3.8, 4) is 0 Å². The van der Waals surface area contributed by atoms with Crippen molar-refractivity contribution in [3.05, 3.63) is 53.3 Å². The van der Waals surface area contributed by atoms with E-state index in [-0.39, 0.29) is 15.6 Å². The number of hydrogen-bond acceptors (Lipinski definition) is 6. The van der Waals surface area contributed by atoms with Crippen LogP contribution in [0.5, 0.6) is 0 Å². The Balaban J connectivity index is 1.98. The third-order valence-electron chi connectivity index (χ3n) is 3.07. The summed E-state index contributed by atoms with van der Waals surface area (Å²) in [5, 5.41) is 7.71. The normalized spacial score (nSPS) is 12.3. The zero-order valence-electron chi connectivity index (χ0n) is 13.0. The summed E-state index contributed by atoms with van der Waals surface area (Å²) in [6, 6.07) is 8.09. The number of nitrogens with zero attached hydrogens (tertiary/aromatic N) is 1. The number of nitrogens with two attached hydrogens (primary N) is 1. The first-order valence-corrected chi connectivity index (χ1v) is 8.85. The van der Waals surface area contributed by atoms with E-state index in [1.165, 1.54) is 49.5 Å². The van der Waals surface area contributed by atoms with Crippen molar-refractivity contribution in [1.29, 1.82) is 0 Å². The Labute approximate surface area is 149 Å². The average molecular weight is 384 g/mol. The van der Waals surface area contributed by atoms with Gasteiger partial charge >= 0.3 is 5.97 Å². The van der Waals surface area contributed by atoms with E-state index >= 15 is 0 Å². The van der Waals surface area contributed by atoms with Crippen molar-refractivity contribution in [2.75, 3.05) is 5.32 Å². The highest BCUT2D eigenvalue weighted by Gasteiger charge is 2.19. The maximum atomic E-state index is 12.0. The van der Waals surface area contributed by atoms with Gasteiger partial charge in [0.2, 0.25) is 10.0 Å². The maximum Gasteiger partial charge on any atom is 0.340 e. The minimum absolute atomic E-state index is 0.0831. The van der Waals surface area contributed by atoms with Gasteiger partial charge in [0.25, 0.3) is 5.91 Å². The Morgan fingerprint density at radius 3 is 2.36 bits per heavy atom. The summed E-state index contributed by atoms with van der Waals surface area (Å²) >= 11 is 5.63. The van der Waals surface area contributed by atoms with Crippen LogP contribution in [0.3, 0.4) is 0 Å². The molecule has 1 amide bonds. The standard InChI is InChI=1S/C15H14ClN3O5S/c1-9(24-15(21)10-2-7-13(16)18-8-10)14(20)19-11-3-5-12(6-4-11)25(17,22)23/h2-9H,1H3,(H,19,20)(H2,17,22,23). The van der Waals surface area contributed by atoms with Gasteiger partial charge in [0.1, 0.15) is 5.15 Å². The van der Waals surface area contributed by atoms with Gasteiger partial charge in [-0.25, -0.2) is 23.3 Å². The maximum absolute atomic E-state index is 12.0. The number of ether oxygens (including phenoxy) is 1. The number of rotatable bonds is 5. The molecule has 2 aromatic rings. The first-order valence-electron chi connectivity index (χ1n) is 6.93. The lowest BCUT2D eigenvalue weighted by Crippen LogP contribution is -2.30. The number of halogens is 1. The van der Waals surface area contributed by atoms with Gasteiger partial charge in [-0.15, -0.1) is 0 Å². The Morgan fingerprint density at radius 1 is 1.20 bits per heavy atom. The number of carbonyl (C=O) groups is 2. The van der Waals surface area contributed by atoms with Crippen LogP contribution in [0.2, 0.25) is 5.15 Å². The molecule has 0 aliphatic rings. The minimum atomic E-state index is -3.81. The number of pyridine rings is 1. The molecule has 1 heterocycles. The molecule has 0 bridgehead atoms. The Hall–Kier alpha value is -2.49. The van der Waals surface area contributed by atoms with E-state index in [0.29, 0.717) is 5.69 Å². The number of benzene rings is 1. The molecule has 1 unspecified atom stereocenters. The van der Waals surface area contributed by atoms with E-state index in [1.54, 1.807) is 0 Å². The number of hydrogen-bond donors (Lipinski definition) is 2. The quantitative estimate of drug-likeness (QED) is 0.595. The summed E-state index contributed by atoms with van der Waals surface area (Å²) in [4.78, 5) is 27.6.